The zero-order valence-corrected chi connectivity index (χ0v) is 13.3. The monoisotopic (exact) mass is 284 g/mol. The molecule has 114 valence electrons. The van der Waals surface area contributed by atoms with Crippen LogP contribution in [0.3, 0.4) is 0 Å². The van der Waals surface area contributed by atoms with Gasteiger partial charge in [0.05, 0.1) is 0 Å². The number of hydrogen-bond acceptors (Lipinski definition) is 2. The van der Waals surface area contributed by atoms with E-state index in [1.54, 1.807) is 0 Å². The molecule has 21 heavy (non-hydrogen) atoms. The molecule has 0 unspecified atom stereocenters. The maximum Gasteiger partial charge on any atom is 0.0369 e. The second-order valence-corrected chi connectivity index (χ2v) is 7.56. The molecule has 3 saturated carbocycles. The van der Waals surface area contributed by atoms with Gasteiger partial charge in [0.15, 0.2) is 0 Å². The van der Waals surface area contributed by atoms with Gasteiger partial charge in [-0.05, 0) is 80.5 Å². The number of benzene rings is 1. The first-order valence-electron chi connectivity index (χ1n) is 8.86. The highest BCUT2D eigenvalue weighted by atomic mass is 15.1. The summed E-state index contributed by atoms with van der Waals surface area (Å²) in [6.45, 7) is 5.90. The predicted octanol–water partition coefficient (Wildman–Crippen LogP) is 3.87. The quantitative estimate of drug-likeness (QED) is 0.779. The van der Waals surface area contributed by atoms with Crippen molar-refractivity contribution in [2.75, 3.05) is 18.0 Å². The van der Waals surface area contributed by atoms with Gasteiger partial charge in [-0.15, -0.1) is 0 Å². The molecule has 4 rings (SSSR count). The first-order valence-corrected chi connectivity index (χ1v) is 8.86. The summed E-state index contributed by atoms with van der Waals surface area (Å²) in [5.74, 6) is 1.94. The highest BCUT2D eigenvalue weighted by molar-refractivity contribution is 5.51. The third-order valence-corrected chi connectivity index (χ3v) is 5.20. The Kier molecular flexibility index (Phi) is 3.66. The van der Waals surface area contributed by atoms with Crippen molar-refractivity contribution in [3.63, 3.8) is 0 Å². The summed E-state index contributed by atoms with van der Waals surface area (Å²) in [4.78, 5) is 2.67. The van der Waals surface area contributed by atoms with Crippen LogP contribution in [0.1, 0.15) is 49.7 Å². The van der Waals surface area contributed by atoms with Gasteiger partial charge in [0.25, 0.3) is 0 Å². The van der Waals surface area contributed by atoms with Crippen molar-refractivity contribution in [1.29, 1.82) is 0 Å². The summed E-state index contributed by atoms with van der Waals surface area (Å²) in [5, 5.41) is 3.63. The molecule has 3 aliphatic rings. The summed E-state index contributed by atoms with van der Waals surface area (Å²) >= 11 is 0. The van der Waals surface area contributed by atoms with Crippen molar-refractivity contribution in [2.45, 2.75) is 58.0 Å². The van der Waals surface area contributed by atoms with Gasteiger partial charge in [-0.3, -0.25) is 0 Å². The number of aryl methyl sites for hydroxylation is 1. The fraction of sp³-hybridized carbons (Fsp3) is 0.684. The molecular weight excluding hydrogens is 256 g/mol. The lowest BCUT2D eigenvalue weighted by Gasteiger charge is -2.26. The van der Waals surface area contributed by atoms with Crippen molar-refractivity contribution in [2.24, 2.45) is 11.8 Å². The number of anilines is 1. The Morgan fingerprint density at radius 1 is 1.00 bits per heavy atom. The molecule has 1 aromatic rings. The predicted molar refractivity (Wildman–Crippen MR) is 88.7 cm³/mol. The third-order valence-electron chi connectivity index (χ3n) is 5.20. The van der Waals surface area contributed by atoms with Crippen LogP contribution >= 0.6 is 0 Å². The van der Waals surface area contributed by atoms with Crippen molar-refractivity contribution in [3.8, 4) is 0 Å². The van der Waals surface area contributed by atoms with Gasteiger partial charge in [-0.2, -0.15) is 0 Å². The lowest BCUT2D eigenvalue weighted by Crippen LogP contribution is -2.28. The van der Waals surface area contributed by atoms with Gasteiger partial charge in [0.1, 0.15) is 0 Å². The van der Waals surface area contributed by atoms with Gasteiger partial charge in [-0.25, -0.2) is 0 Å². The van der Waals surface area contributed by atoms with Gasteiger partial charge >= 0.3 is 0 Å². The van der Waals surface area contributed by atoms with Gasteiger partial charge in [0.2, 0.25) is 0 Å². The minimum Gasteiger partial charge on any atom is -0.371 e. The molecular formula is C19H28N2. The Morgan fingerprint density at radius 2 is 1.67 bits per heavy atom. The average molecular weight is 284 g/mol. The standard InChI is InChI=1S/C19H28N2/c1-14-10-19(9-6-17(14)11-20-18-7-8-18)21(12-15-2-3-15)13-16-4-5-16/h6,9-10,15-16,18,20H,2-5,7-8,11-13H2,1H3. The molecule has 0 aliphatic heterocycles. The zero-order valence-electron chi connectivity index (χ0n) is 13.3. The molecule has 1 aromatic carbocycles. The van der Waals surface area contributed by atoms with Crippen LogP contribution in [0.15, 0.2) is 18.2 Å². The van der Waals surface area contributed by atoms with Crippen molar-refractivity contribution >= 4 is 5.69 Å². The van der Waals surface area contributed by atoms with Crippen molar-refractivity contribution in [3.05, 3.63) is 29.3 Å². The van der Waals surface area contributed by atoms with E-state index < -0.39 is 0 Å². The maximum atomic E-state index is 3.63. The molecule has 0 spiro atoms. The van der Waals surface area contributed by atoms with Crippen LogP contribution in [0, 0.1) is 18.8 Å². The van der Waals surface area contributed by atoms with Gasteiger partial charge in [0, 0.05) is 31.4 Å². The van der Waals surface area contributed by atoms with Crippen LogP contribution in [0.25, 0.3) is 0 Å². The molecule has 0 heterocycles. The number of hydrogen-bond donors (Lipinski definition) is 1. The van der Waals surface area contributed by atoms with Crippen LogP contribution < -0.4 is 10.2 Å². The third kappa shape index (κ3) is 3.79. The normalized spacial score (nSPS) is 21.6. The summed E-state index contributed by atoms with van der Waals surface area (Å²) in [7, 11) is 0. The molecule has 0 bridgehead atoms. The maximum absolute atomic E-state index is 3.63. The molecule has 2 heteroatoms. The smallest absolute Gasteiger partial charge is 0.0369 e. The SMILES string of the molecule is Cc1cc(N(CC2CC2)CC2CC2)ccc1CNC1CC1. The Hall–Kier alpha value is -1.02. The van der Waals surface area contributed by atoms with E-state index in [0.717, 1.165) is 24.4 Å². The van der Waals surface area contributed by atoms with Crippen LogP contribution in [-0.2, 0) is 6.54 Å². The fourth-order valence-electron chi connectivity index (χ4n) is 3.13. The Morgan fingerprint density at radius 3 is 2.19 bits per heavy atom. The van der Waals surface area contributed by atoms with E-state index >= 15 is 0 Å². The minimum absolute atomic E-state index is 0.797. The van der Waals surface area contributed by atoms with Crippen molar-refractivity contribution < 1.29 is 0 Å². The van der Waals surface area contributed by atoms with Crippen LogP contribution in [0.4, 0.5) is 5.69 Å². The molecule has 2 nitrogen and oxygen atoms in total. The zero-order chi connectivity index (χ0) is 14.2. The van der Waals surface area contributed by atoms with E-state index in [4.69, 9.17) is 0 Å². The van der Waals surface area contributed by atoms with Crippen molar-refractivity contribution in [1.82, 2.24) is 5.32 Å². The van der Waals surface area contributed by atoms with E-state index in [0.29, 0.717) is 0 Å². The lowest BCUT2D eigenvalue weighted by molar-refractivity contribution is 0.675. The number of nitrogens with zero attached hydrogens (tertiary/aromatic N) is 1. The molecule has 1 N–H and O–H groups in total. The Labute approximate surface area is 128 Å². The lowest BCUT2D eigenvalue weighted by atomic mass is 10.1. The highest BCUT2D eigenvalue weighted by Crippen LogP contribution is 2.36. The van der Waals surface area contributed by atoms with E-state index in [1.807, 2.05) is 0 Å². The van der Waals surface area contributed by atoms with E-state index in [2.05, 4.69) is 35.3 Å². The molecule has 0 atom stereocenters. The molecule has 0 aromatic heterocycles. The van der Waals surface area contributed by atoms with E-state index in [1.165, 1.54) is 68.4 Å². The number of nitrogens with one attached hydrogen (secondary N) is 1. The summed E-state index contributed by atoms with van der Waals surface area (Å²) in [5.41, 5.74) is 4.39. The van der Waals surface area contributed by atoms with Crippen LogP contribution in [0.5, 0.6) is 0 Å². The van der Waals surface area contributed by atoms with Gasteiger partial charge in [-0.1, -0.05) is 6.07 Å². The molecule has 3 fully saturated rings. The average Bonchev–Trinajstić information content (AvgIpc) is 3.34. The summed E-state index contributed by atoms with van der Waals surface area (Å²) in [6.07, 6.45) is 8.53. The molecule has 0 amide bonds. The Bertz CT molecular complexity index is 484. The fourth-order valence-corrected chi connectivity index (χ4v) is 3.13. The largest absolute Gasteiger partial charge is 0.371 e. The topological polar surface area (TPSA) is 15.3 Å². The minimum atomic E-state index is 0.797. The van der Waals surface area contributed by atoms with Gasteiger partial charge < -0.3 is 10.2 Å². The number of rotatable bonds is 8. The first-order chi connectivity index (χ1) is 10.3. The van der Waals surface area contributed by atoms with Crippen LogP contribution in [-0.4, -0.2) is 19.1 Å². The van der Waals surface area contributed by atoms with Crippen LogP contribution in [0.2, 0.25) is 0 Å². The first kappa shape index (κ1) is 13.6. The van der Waals surface area contributed by atoms with E-state index in [9.17, 15) is 0 Å². The molecule has 3 aliphatic carbocycles. The Balaban J connectivity index is 1.44. The second kappa shape index (κ2) is 5.64. The summed E-state index contributed by atoms with van der Waals surface area (Å²) < 4.78 is 0. The van der Waals surface area contributed by atoms with E-state index in [-0.39, 0.29) is 0 Å². The molecule has 0 radical (unpaired) electrons. The second-order valence-electron chi connectivity index (χ2n) is 7.56. The summed E-state index contributed by atoms with van der Waals surface area (Å²) in [6, 6.07) is 7.94. The highest BCUT2D eigenvalue weighted by Gasteiger charge is 2.29. The molecule has 0 saturated heterocycles.